The van der Waals surface area contributed by atoms with Gasteiger partial charge >= 0.3 is 5.97 Å². The van der Waals surface area contributed by atoms with E-state index in [1.165, 1.54) is 18.5 Å². The number of hydrogen-bond donors (Lipinski definition) is 1. The second kappa shape index (κ2) is 6.59. The highest BCUT2D eigenvalue weighted by molar-refractivity contribution is 5.92. The number of imidazole rings is 1. The molecule has 0 unspecified atom stereocenters. The fraction of sp³-hybridized carbons (Fsp3) is 0.263. The van der Waals surface area contributed by atoms with Crippen molar-refractivity contribution in [2.45, 2.75) is 19.8 Å². The molecule has 0 spiro atoms. The number of carbonyl (C=O) groups is 1. The molecule has 1 aromatic carbocycles. The predicted octanol–water partition coefficient (Wildman–Crippen LogP) is 4.36. The number of aromatic carboxylic acids is 1. The van der Waals surface area contributed by atoms with Crippen molar-refractivity contribution in [3.8, 4) is 0 Å². The van der Waals surface area contributed by atoms with Crippen LogP contribution in [0, 0.1) is 6.92 Å². The van der Waals surface area contributed by atoms with Crippen LogP contribution < -0.4 is 4.90 Å². The fourth-order valence-corrected chi connectivity index (χ4v) is 3.24. The van der Waals surface area contributed by atoms with Crippen LogP contribution in [0.4, 0.5) is 17.2 Å². The topological polar surface area (TPSA) is 82.6 Å². The van der Waals surface area contributed by atoms with Crippen LogP contribution in [-0.4, -0.2) is 33.6 Å². The van der Waals surface area contributed by atoms with Crippen molar-refractivity contribution in [2.24, 2.45) is 10.2 Å². The molecule has 7 nitrogen and oxygen atoms in total. The van der Waals surface area contributed by atoms with Gasteiger partial charge in [-0.05, 0) is 55.7 Å². The zero-order valence-corrected chi connectivity index (χ0v) is 14.5. The predicted molar refractivity (Wildman–Crippen MR) is 99.0 cm³/mol. The number of hydrogen-bond acceptors (Lipinski definition) is 5. The number of nitrogens with zero attached hydrogens (tertiary/aromatic N) is 5. The average molecular weight is 349 g/mol. The lowest BCUT2D eigenvalue weighted by atomic mass is 10.2. The number of anilines is 1. The molecule has 1 aliphatic rings. The number of azo groups is 1. The average Bonchev–Trinajstić information content (AvgIpc) is 3.29. The molecule has 3 heterocycles. The molecule has 0 bridgehead atoms. The lowest BCUT2D eigenvalue weighted by molar-refractivity contribution is 0.0692. The van der Waals surface area contributed by atoms with Crippen molar-refractivity contribution in [1.29, 1.82) is 0 Å². The summed E-state index contributed by atoms with van der Waals surface area (Å²) in [4.78, 5) is 18.1. The van der Waals surface area contributed by atoms with E-state index in [1.54, 1.807) is 10.6 Å². The van der Waals surface area contributed by atoms with Crippen molar-refractivity contribution in [3.05, 3.63) is 53.9 Å². The first-order valence-electron chi connectivity index (χ1n) is 8.61. The van der Waals surface area contributed by atoms with Crippen molar-refractivity contribution in [1.82, 2.24) is 9.38 Å². The van der Waals surface area contributed by atoms with Crippen LogP contribution in [0.25, 0.3) is 5.65 Å². The highest BCUT2D eigenvalue weighted by Crippen LogP contribution is 2.27. The Morgan fingerprint density at radius 1 is 1.12 bits per heavy atom. The second-order valence-corrected chi connectivity index (χ2v) is 6.38. The molecule has 1 aliphatic heterocycles. The van der Waals surface area contributed by atoms with Crippen LogP contribution in [0.5, 0.6) is 0 Å². The minimum Gasteiger partial charge on any atom is -0.476 e. The third-order valence-corrected chi connectivity index (χ3v) is 4.60. The molecular weight excluding hydrogens is 330 g/mol. The molecule has 1 fully saturated rings. The molecular formula is C19H19N5O2. The minimum atomic E-state index is -1.12. The monoisotopic (exact) mass is 349 g/mol. The van der Waals surface area contributed by atoms with Gasteiger partial charge in [0.15, 0.2) is 11.5 Å². The van der Waals surface area contributed by atoms with Crippen molar-refractivity contribution < 1.29 is 9.90 Å². The first kappa shape index (κ1) is 16.3. The first-order chi connectivity index (χ1) is 12.6. The van der Waals surface area contributed by atoms with Crippen LogP contribution in [0.2, 0.25) is 0 Å². The van der Waals surface area contributed by atoms with Gasteiger partial charge < -0.3 is 10.0 Å². The molecule has 4 rings (SSSR count). The van der Waals surface area contributed by atoms with Crippen LogP contribution in [0.3, 0.4) is 0 Å². The summed E-state index contributed by atoms with van der Waals surface area (Å²) in [5.41, 5.74) is 3.20. The summed E-state index contributed by atoms with van der Waals surface area (Å²) in [7, 11) is 0. The van der Waals surface area contributed by atoms with Gasteiger partial charge in [0, 0.05) is 25.0 Å². The summed E-state index contributed by atoms with van der Waals surface area (Å²) in [5.74, 6) is -0.897. The highest BCUT2D eigenvalue weighted by Gasteiger charge is 2.19. The third-order valence-electron chi connectivity index (χ3n) is 4.60. The van der Waals surface area contributed by atoms with Crippen LogP contribution in [0.1, 0.15) is 28.9 Å². The molecule has 26 heavy (non-hydrogen) atoms. The SMILES string of the molecule is Cc1cccn2c(N=Nc3ccc(N4CCCC4)cc3)c(C(=O)O)nc12. The number of aromatic nitrogens is 2. The number of carboxylic acid groups (broad SMARTS) is 1. The van der Waals surface area contributed by atoms with Gasteiger partial charge in [0.2, 0.25) is 0 Å². The molecule has 3 aromatic rings. The molecule has 1 N–H and O–H groups in total. The molecule has 2 aromatic heterocycles. The second-order valence-electron chi connectivity index (χ2n) is 6.38. The van der Waals surface area contributed by atoms with Gasteiger partial charge in [-0.15, -0.1) is 10.2 Å². The van der Waals surface area contributed by atoms with Crippen molar-refractivity contribution in [3.63, 3.8) is 0 Å². The normalized spacial score (nSPS) is 14.6. The molecule has 0 aliphatic carbocycles. The van der Waals surface area contributed by atoms with E-state index < -0.39 is 5.97 Å². The zero-order valence-electron chi connectivity index (χ0n) is 14.5. The first-order valence-corrected chi connectivity index (χ1v) is 8.61. The van der Waals surface area contributed by atoms with Gasteiger partial charge in [-0.1, -0.05) is 6.07 Å². The molecule has 132 valence electrons. The van der Waals surface area contributed by atoms with Gasteiger partial charge in [-0.3, -0.25) is 4.40 Å². The van der Waals surface area contributed by atoms with Crippen LogP contribution in [-0.2, 0) is 0 Å². The Hall–Kier alpha value is -3.22. The van der Waals surface area contributed by atoms with E-state index in [-0.39, 0.29) is 11.5 Å². The lowest BCUT2D eigenvalue weighted by Gasteiger charge is -2.17. The maximum atomic E-state index is 11.5. The summed E-state index contributed by atoms with van der Waals surface area (Å²) in [6.45, 7) is 4.06. The van der Waals surface area contributed by atoms with E-state index in [0.29, 0.717) is 11.3 Å². The van der Waals surface area contributed by atoms with Gasteiger partial charge in [0.05, 0.1) is 5.69 Å². The number of benzene rings is 1. The Morgan fingerprint density at radius 3 is 2.54 bits per heavy atom. The summed E-state index contributed by atoms with van der Waals surface area (Å²) in [6, 6.07) is 11.6. The van der Waals surface area contributed by atoms with Gasteiger partial charge in [0.25, 0.3) is 0 Å². The Labute approximate surface area is 150 Å². The summed E-state index contributed by atoms with van der Waals surface area (Å²) >= 11 is 0. The van der Waals surface area contributed by atoms with E-state index in [4.69, 9.17) is 0 Å². The van der Waals surface area contributed by atoms with Gasteiger partial charge in [0.1, 0.15) is 5.65 Å². The number of pyridine rings is 1. The van der Waals surface area contributed by atoms with Crippen molar-refractivity contribution in [2.75, 3.05) is 18.0 Å². The van der Waals surface area contributed by atoms with E-state index in [1.807, 2.05) is 43.3 Å². The highest BCUT2D eigenvalue weighted by atomic mass is 16.4. The third kappa shape index (κ3) is 2.92. The molecule has 1 saturated heterocycles. The Morgan fingerprint density at radius 2 is 1.85 bits per heavy atom. The van der Waals surface area contributed by atoms with Gasteiger partial charge in [-0.25, -0.2) is 9.78 Å². The van der Waals surface area contributed by atoms with Crippen LogP contribution in [0.15, 0.2) is 52.8 Å². The Kier molecular flexibility index (Phi) is 4.12. The summed E-state index contributed by atoms with van der Waals surface area (Å²) in [6.07, 6.45) is 4.20. The summed E-state index contributed by atoms with van der Waals surface area (Å²) < 4.78 is 1.65. The van der Waals surface area contributed by atoms with E-state index in [2.05, 4.69) is 20.1 Å². The van der Waals surface area contributed by atoms with E-state index in [0.717, 1.165) is 18.7 Å². The molecule has 0 amide bonds. The number of aryl methyl sites for hydroxylation is 1. The maximum Gasteiger partial charge on any atom is 0.358 e. The Balaban J connectivity index is 1.67. The van der Waals surface area contributed by atoms with Crippen LogP contribution >= 0.6 is 0 Å². The summed E-state index contributed by atoms with van der Waals surface area (Å²) in [5, 5.41) is 17.8. The number of fused-ring (bicyclic) bond motifs is 1. The number of rotatable bonds is 4. The molecule has 0 radical (unpaired) electrons. The standard InChI is InChI=1S/C19H19N5O2/c1-13-5-4-12-24-17(13)20-16(19(25)26)18(24)22-21-14-6-8-15(9-7-14)23-10-2-3-11-23/h4-9,12H,2-3,10-11H2,1H3,(H,25,26). The van der Waals surface area contributed by atoms with E-state index >= 15 is 0 Å². The molecule has 0 atom stereocenters. The molecule has 0 saturated carbocycles. The molecule has 7 heteroatoms. The quantitative estimate of drug-likeness (QED) is 0.710. The minimum absolute atomic E-state index is 0.100. The zero-order chi connectivity index (χ0) is 18.1. The van der Waals surface area contributed by atoms with Crippen molar-refractivity contribution >= 4 is 28.8 Å². The fourth-order valence-electron chi connectivity index (χ4n) is 3.24. The smallest absolute Gasteiger partial charge is 0.358 e. The Bertz CT molecular complexity index is 985. The lowest BCUT2D eigenvalue weighted by Crippen LogP contribution is -2.17. The van der Waals surface area contributed by atoms with Gasteiger partial charge in [-0.2, -0.15) is 0 Å². The van der Waals surface area contributed by atoms with E-state index in [9.17, 15) is 9.90 Å². The number of carboxylic acids is 1. The maximum absolute atomic E-state index is 11.5. The largest absolute Gasteiger partial charge is 0.476 e.